The van der Waals surface area contributed by atoms with Crippen molar-refractivity contribution in [3.05, 3.63) is 91.8 Å². The summed E-state index contributed by atoms with van der Waals surface area (Å²) in [5.41, 5.74) is 1.89. The molecule has 0 saturated carbocycles. The maximum absolute atomic E-state index is 12.9. The van der Waals surface area contributed by atoms with Gasteiger partial charge in [0, 0.05) is 26.3 Å². The van der Waals surface area contributed by atoms with Crippen molar-refractivity contribution in [3.63, 3.8) is 0 Å². The first-order chi connectivity index (χ1) is 18.2. The number of halogens is 3. The quantitative estimate of drug-likeness (QED) is 0.263. The topological polar surface area (TPSA) is 84.9 Å². The highest BCUT2D eigenvalue weighted by Gasteiger charge is 2.36. The SMILES string of the molecule is CCOc1cc(/C=C2/SC(=O)N(CC(=O)Nc3ccc(Cl)cc3)C2=O)ccc1OCc1ccc(Cl)cc1Cl. The smallest absolute Gasteiger partial charge is 0.294 e. The lowest BCUT2D eigenvalue weighted by atomic mass is 10.1. The lowest BCUT2D eigenvalue weighted by Gasteiger charge is -2.14. The molecule has 0 aromatic heterocycles. The van der Waals surface area contributed by atoms with E-state index in [2.05, 4.69) is 5.32 Å². The fourth-order valence-corrected chi connectivity index (χ4v) is 4.89. The molecule has 1 fully saturated rings. The lowest BCUT2D eigenvalue weighted by Crippen LogP contribution is -2.36. The molecule has 0 aliphatic carbocycles. The minimum atomic E-state index is -0.554. The van der Waals surface area contributed by atoms with E-state index in [0.717, 1.165) is 22.2 Å². The summed E-state index contributed by atoms with van der Waals surface area (Å²) >= 11 is 18.8. The third-order valence-electron chi connectivity index (χ3n) is 5.27. The molecule has 196 valence electrons. The van der Waals surface area contributed by atoms with E-state index in [1.807, 2.05) is 6.92 Å². The number of rotatable bonds is 9. The zero-order valence-electron chi connectivity index (χ0n) is 20.0. The van der Waals surface area contributed by atoms with Crippen LogP contribution in [-0.2, 0) is 16.2 Å². The number of hydrogen-bond donors (Lipinski definition) is 1. The van der Waals surface area contributed by atoms with Crippen LogP contribution in [0.4, 0.5) is 10.5 Å². The van der Waals surface area contributed by atoms with Crippen molar-refractivity contribution >= 4 is 75.4 Å². The molecule has 0 bridgehead atoms. The second-order valence-corrected chi connectivity index (χ2v) is 10.3. The minimum absolute atomic E-state index is 0.193. The van der Waals surface area contributed by atoms with Crippen molar-refractivity contribution in [1.82, 2.24) is 4.90 Å². The standard InChI is InChI=1S/C27H21Cl3N2O5S/c1-2-36-23-11-16(3-10-22(23)37-15-17-4-5-19(29)13-21(17)30)12-24-26(34)32(27(35)38-24)14-25(33)31-20-8-6-18(28)7-9-20/h3-13H,2,14-15H2,1H3,(H,31,33)/b24-12+. The van der Waals surface area contributed by atoms with Gasteiger partial charge in [-0.2, -0.15) is 0 Å². The summed E-state index contributed by atoms with van der Waals surface area (Å²) in [6, 6.07) is 16.8. The Hall–Kier alpha value is -3.17. The van der Waals surface area contributed by atoms with Crippen LogP contribution in [0.2, 0.25) is 15.1 Å². The van der Waals surface area contributed by atoms with Crippen LogP contribution in [0.3, 0.4) is 0 Å². The molecule has 11 heteroatoms. The van der Waals surface area contributed by atoms with E-state index in [4.69, 9.17) is 44.3 Å². The summed E-state index contributed by atoms with van der Waals surface area (Å²) in [5.74, 6) is -0.103. The van der Waals surface area contributed by atoms with Crippen LogP contribution in [0.1, 0.15) is 18.1 Å². The summed E-state index contributed by atoms with van der Waals surface area (Å²) in [6.45, 7) is 2.02. The van der Waals surface area contributed by atoms with E-state index in [1.165, 1.54) is 0 Å². The molecule has 0 spiro atoms. The van der Waals surface area contributed by atoms with E-state index in [1.54, 1.807) is 66.7 Å². The Morgan fingerprint density at radius 3 is 2.39 bits per heavy atom. The summed E-state index contributed by atoms with van der Waals surface area (Å²) < 4.78 is 11.6. The molecule has 1 aliphatic rings. The van der Waals surface area contributed by atoms with Gasteiger partial charge in [0.05, 0.1) is 11.5 Å². The van der Waals surface area contributed by atoms with Gasteiger partial charge in [0.25, 0.3) is 11.1 Å². The van der Waals surface area contributed by atoms with Crippen LogP contribution in [0.25, 0.3) is 6.08 Å². The van der Waals surface area contributed by atoms with Crippen molar-refractivity contribution in [2.24, 2.45) is 0 Å². The Labute approximate surface area is 238 Å². The van der Waals surface area contributed by atoms with Crippen LogP contribution >= 0.6 is 46.6 Å². The first kappa shape index (κ1) is 27.9. The summed E-state index contributed by atoms with van der Waals surface area (Å²) in [5, 5.41) is 3.66. The number of benzene rings is 3. The van der Waals surface area contributed by atoms with Crippen molar-refractivity contribution in [3.8, 4) is 11.5 Å². The molecule has 0 atom stereocenters. The van der Waals surface area contributed by atoms with Gasteiger partial charge in [0.1, 0.15) is 13.2 Å². The molecule has 1 N–H and O–H groups in total. The Kier molecular flexibility index (Phi) is 9.22. The monoisotopic (exact) mass is 590 g/mol. The van der Waals surface area contributed by atoms with Crippen molar-refractivity contribution in [1.29, 1.82) is 0 Å². The zero-order chi connectivity index (χ0) is 27.2. The molecular formula is C27H21Cl3N2O5S. The number of hydrogen-bond acceptors (Lipinski definition) is 6. The molecule has 3 aromatic carbocycles. The molecular weight excluding hydrogens is 571 g/mol. The van der Waals surface area contributed by atoms with E-state index in [-0.39, 0.29) is 11.5 Å². The van der Waals surface area contributed by atoms with Crippen LogP contribution in [0, 0.1) is 0 Å². The van der Waals surface area contributed by atoms with Crippen molar-refractivity contribution in [2.75, 3.05) is 18.5 Å². The third kappa shape index (κ3) is 7.02. The largest absolute Gasteiger partial charge is 0.490 e. The highest BCUT2D eigenvalue weighted by atomic mass is 35.5. The molecule has 4 rings (SSSR count). The van der Waals surface area contributed by atoms with Crippen LogP contribution in [-0.4, -0.2) is 35.1 Å². The second kappa shape index (κ2) is 12.6. The number of nitrogens with one attached hydrogen (secondary N) is 1. The van der Waals surface area contributed by atoms with Gasteiger partial charge in [-0.3, -0.25) is 19.3 Å². The van der Waals surface area contributed by atoms with E-state index < -0.39 is 23.6 Å². The summed E-state index contributed by atoms with van der Waals surface area (Å²) in [7, 11) is 0. The predicted molar refractivity (Wildman–Crippen MR) is 151 cm³/mol. The normalized spacial score (nSPS) is 14.2. The summed E-state index contributed by atoms with van der Waals surface area (Å²) in [4.78, 5) is 38.9. The van der Waals surface area contributed by atoms with Gasteiger partial charge in [0.15, 0.2) is 11.5 Å². The van der Waals surface area contributed by atoms with Gasteiger partial charge in [-0.25, -0.2) is 0 Å². The molecule has 7 nitrogen and oxygen atoms in total. The van der Waals surface area contributed by atoms with E-state index >= 15 is 0 Å². The Morgan fingerprint density at radius 2 is 1.68 bits per heavy atom. The molecule has 1 saturated heterocycles. The first-order valence-corrected chi connectivity index (χ1v) is 13.3. The van der Waals surface area contributed by atoms with Gasteiger partial charge in [-0.1, -0.05) is 46.9 Å². The lowest BCUT2D eigenvalue weighted by molar-refractivity contribution is -0.127. The van der Waals surface area contributed by atoms with Gasteiger partial charge in [-0.15, -0.1) is 0 Å². The van der Waals surface area contributed by atoms with Gasteiger partial charge >= 0.3 is 0 Å². The molecule has 0 unspecified atom stereocenters. The Bertz CT molecular complexity index is 1410. The van der Waals surface area contributed by atoms with Gasteiger partial charge < -0.3 is 14.8 Å². The third-order valence-corrected chi connectivity index (χ3v) is 7.01. The maximum atomic E-state index is 12.9. The molecule has 1 heterocycles. The highest BCUT2D eigenvalue weighted by Crippen LogP contribution is 2.35. The molecule has 1 aliphatic heterocycles. The van der Waals surface area contributed by atoms with E-state index in [0.29, 0.717) is 44.4 Å². The summed E-state index contributed by atoms with van der Waals surface area (Å²) in [6.07, 6.45) is 1.57. The predicted octanol–water partition coefficient (Wildman–Crippen LogP) is 7.30. The molecule has 38 heavy (non-hydrogen) atoms. The number of imide groups is 1. The van der Waals surface area contributed by atoms with Crippen molar-refractivity contribution in [2.45, 2.75) is 13.5 Å². The molecule has 0 radical (unpaired) electrons. The first-order valence-electron chi connectivity index (χ1n) is 11.4. The number of amides is 3. The second-order valence-electron chi connectivity index (χ2n) is 7.99. The zero-order valence-corrected chi connectivity index (χ0v) is 23.1. The number of carbonyl (C=O) groups excluding carboxylic acids is 3. The van der Waals surface area contributed by atoms with Crippen LogP contribution in [0.5, 0.6) is 11.5 Å². The van der Waals surface area contributed by atoms with Crippen molar-refractivity contribution < 1.29 is 23.9 Å². The fraction of sp³-hybridized carbons (Fsp3) is 0.148. The Morgan fingerprint density at radius 1 is 0.947 bits per heavy atom. The average Bonchev–Trinajstić information content (AvgIpc) is 3.13. The van der Waals surface area contributed by atoms with Crippen LogP contribution < -0.4 is 14.8 Å². The van der Waals surface area contributed by atoms with Gasteiger partial charge in [0.2, 0.25) is 5.91 Å². The van der Waals surface area contributed by atoms with E-state index in [9.17, 15) is 14.4 Å². The number of carbonyl (C=O) groups is 3. The van der Waals surface area contributed by atoms with Gasteiger partial charge in [-0.05, 0) is 78.9 Å². The fourth-order valence-electron chi connectivity index (χ4n) is 3.46. The maximum Gasteiger partial charge on any atom is 0.294 e. The number of nitrogens with zero attached hydrogens (tertiary/aromatic N) is 1. The molecule has 3 amide bonds. The number of anilines is 1. The molecule has 3 aromatic rings. The number of thioether (sulfide) groups is 1. The highest BCUT2D eigenvalue weighted by molar-refractivity contribution is 8.18. The Balaban J connectivity index is 1.45. The van der Waals surface area contributed by atoms with Crippen LogP contribution in [0.15, 0.2) is 65.6 Å². The number of ether oxygens (including phenoxy) is 2. The minimum Gasteiger partial charge on any atom is -0.490 e. The average molecular weight is 592 g/mol.